The largest absolute Gasteiger partial charge is 0.480 e. The van der Waals surface area contributed by atoms with Gasteiger partial charge >= 0.3 is 5.97 Å². The summed E-state index contributed by atoms with van der Waals surface area (Å²) >= 11 is 0. The molecule has 2 heterocycles. The summed E-state index contributed by atoms with van der Waals surface area (Å²) in [5.74, 6) is -6.34. The van der Waals surface area contributed by atoms with E-state index in [1.54, 1.807) is 69.9 Å². The first kappa shape index (κ1) is 41.5. The van der Waals surface area contributed by atoms with Crippen molar-refractivity contribution in [1.29, 1.82) is 0 Å². The van der Waals surface area contributed by atoms with Crippen LogP contribution in [0.5, 0.6) is 0 Å². The summed E-state index contributed by atoms with van der Waals surface area (Å²) in [5, 5.41) is 20.4. The molecule has 1 saturated carbocycles. The number of carboxylic acids is 1. The van der Waals surface area contributed by atoms with Crippen LogP contribution in [0.1, 0.15) is 95.6 Å². The SMILES string of the molecule is CCCC(NC(=O)[C@H]1CC2CCCCC2N1C(=O)[C@@H](NC(=O)[C@@H](NC(=O)c1cnccn1)C(C)C)C(C)C)C(=O)C(=O)N[C@@H](Cc1ccccc1)C(=O)O. The number of carbonyl (C=O) groups excluding carboxylic acids is 6. The third-order valence-electron chi connectivity index (χ3n) is 10.2. The Labute approximate surface area is 315 Å². The minimum atomic E-state index is -1.37. The van der Waals surface area contributed by atoms with Gasteiger partial charge in [-0.25, -0.2) is 9.78 Å². The normalized spacial score (nSPS) is 20.2. The molecule has 1 saturated heterocycles. The topological polar surface area (TPSA) is 217 Å². The number of likely N-dealkylation sites (tertiary alicyclic amines) is 1. The number of hydrogen-bond donors (Lipinski definition) is 5. The molecule has 5 N–H and O–H groups in total. The van der Waals surface area contributed by atoms with Crippen LogP contribution in [-0.2, 0) is 35.2 Å². The molecule has 2 aliphatic rings. The van der Waals surface area contributed by atoms with Gasteiger partial charge in [-0.15, -0.1) is 0 Å². The van der Waals surface area contributed by atoms with Gasteiger partial charge in [0.1, 0.15) is 29.9 Å². The maximum absolute atomic E-state index is 14.6. The van der Waals surface area contributed by atoms with Crippen LogP contribution in [0.3, 0.4) is 0 Å². The van der Waals surface area contributed by atoms with Gasteiger partial charge in [0.25, 0.3) is 11.8 Å². The van der Waals surface area contributed by atoms with E-state index in [-0.39, 0.29) is 36.4 Å². The fourth-order valence-corrected chi connectivity index (χ4v) is 7.36. The van der Waals surface area contributed by atoms with Crippen molar-refractivity contribution in [2.24, 2.45) is 17.8 Å². The third-order valence-corrected chi connectivity index (χ3v) is 10.2. The van der Waals surface area contributed by atoms with E-state index in [9.17, 15) is 38.7 Å². The Balaban J connectivity index is 1.52. The van der Waals surface area contributed by atoms with Gasteiger partial charge < -0.3 is 31.3 Å². The van der Waals surface area contributed by atoms with Crippen molar-refractivity contribution in [3.8, 4) is 0 Å². The standard InChI is InChI=1S/C39H53N7O8/c1-6-12-26(33(47)37(51)43-27(39(53)54)19-24-13-8-7-9-14-24)42-35(49)30-20-25-15-10-11-16-29(25)46(30)38(52)32(23(4)5)45-36(50)31(22(2)3)44-34(48)28-21-40-17-18-41-28/h7-9,13-14,17-18,21-23,25-27,29-32H,6,10-12,15-16,19-20H2,1-5H3,(H,42,49)(H,43,51)(H,44,48)(H,45,50)(H,53,54)/t25?,26?,27-,29?,30+,31-,32-/m0/s1. The number of hydrogen-bond acceptors (Lipinski definition) is 9. The number of aliphatic carboxylic acids is 1. The number of ketones is 1. The summed E-state index contributed by atoms with van der Waals surface area (Å²) in [6, 6.07) is 2.78. The summed E-state index contributed by atoms with van der Waals surface area (Å²) in [6.07, 6.45) is 8.19. The quantitative estimate of drug-likeness (QED) is 0.149. The van der Waals surface area contributed by atoms with Crippen molar-refractivity contribution in [3.63, 3.8) is 0 Å². The Hall–Kier alpha value is -5.21. The lowest BCUT2D eigenvalue weighted by Crippen LogP contribution is -2.61. The van der Waals surface area contributed by atoms with Gasteiger partial charge in [-0.1, -0.05) is 84.2 Å². The van der Waals surface area contributed by atoms with Crippen LogP contribution in [0.2, 0.25) is 0 Å². The molecule has 4 rings (SSSR count). The van der Waals surface area contributed by atoms with Gasteiger partial charge in [0.2, 0.25) is 23.5 Å². The average Bonchev–Trinajstić information content (AvgIpc) is 3.55. The highest BCUT2D eigenvalue weighted by Gasteiger charge is 2.50. The number of nitrogens with one attached hydrogen (secondary N) is 4. The molecule has 7 atom stereocenters. The van der Waals surface area contributed by atoms with Crippen molar-refractivity contribution in [2.75, 3.05) is 0 Å². The van der Waals surface area contributed by atoms with Gasteiger partial charge in [0.15, 0.2) is 0 Å². The summed E-state index contributed by atoms with van der Waals surface area (Å²) < 4.78 is 0. The maximum Gasteiger partial charge on any atom is 0.326 e. The number of carboxylic acid groups (broad SMARTS) is 1. The Morgan fingerprint density at radius 2 is 1.54 bits per heavy atom. The van der Waals surface area contributed by atoms with E-state index in [2.05, 4.69) is 31.2 Å². The number of fused-ring (bicyclic) bond motifs is 1. The molecule has 1 aromatic carbocycles. The minimum Gasteiger partial charge on any atom is -0.480 e. The Morgan fingerprint density at radius 1 is 0.852 bits per heavy atom. The highest BCUT2D eigenvalue weighted by atomic mass is 16.4. The summed E-state index contributed by atoms with van der Waals surface area (Å²) in [5.41, 5.74) is 0.693. The molecule has 1 aliphatic heterocycles. The number of Topliss-reactive ketones (excluding diaryl/α,β-unsaturated/α-hetero) is 1. The molecule has 15 heteroatoms. The van der Waals surface area contributed by atoms with Crippen molar-refractivity contribution in [3.05, 3.63) is 60.2 Å². The highest BCUT2D eigenvalue weighted by Crippen LogP contribution is 2.40. The number of rotatable bonds is 17. The molecule has 54 heavy (non-hydrogen) atoms. The molecular formula is C39H53N7O8. The second-order valence-electron chi connectivity index (χ2n) is 14.9. The molecule has 0 bridgehead atoms. The zero-order valence-corrected chi connectivity index (χ0v) is 31.6. The lowest BCUT2D eigenvalue weighted by molar-refractivity contribution is -0.147. The first-order valence-electron chi connectivity index (χ1n) is 18.8. The van der Waals surface area contributed by atoms with Gasteiger partial charge in [-0.3, -0.25) is 33.8 Å². The van der Waals surface area contributed by atoms with Crippen LogP contribution >= 0.6 is 0 Å². The van der Waals surface area contributed by atoms with E-state index in [4.69, 9.17) is 0 Å². The van der Waals surface area contributed by atoms with Gasteiger partial charge in [0, 0.05) is 24.9 Å². The van der Waals surface area contributed by atoms with Crippen LogP contribution in [0.4, 0.5) is 0 Å². The predicted molar refractivity (Wildman–Crippen MR) is 197 cm³/mol. The van der Waals surface area contributed by atoms with Crippen molar-refractivity contribution < 1.29 is 38.7 Å². The van der Waals surface area contributed by atoms with Crippen LogP contribution in [-0.4, -0.2) is 97.5 Å². The number of carbonyl (C=O) groups is 7. The first-order valence-corrected chi connectivity index (χ1v) is 18.8. The molecule has 1 aliphatic carbocycles. The van der Waals surface area contributed by atoms with E-state index >= 15 is 0 Å². The molecular weight excluding hydrogens is 694 g/mol. The molecule has 2 fully saturated rings. The molecule has 3 unspecified atom stereocenters. The average molecular weight is 748 g/mol. The van der Waals surface area contributed by atoms with Crippen LogP contribution in [0.15, 0.2) is 48.9 Å². The predicted octanol–water partition coefficient (Wildman–Crippen LogP) is 2.20. The number of aromatic nitrogens is 2. The second kappa shape index (κ2) is 19.2. The number of benzene rings is 1. The molecule has 5 amide bonds. The maximum atomic E-state index is 14.6. The molecule has 2 aromatic rings. The zero-order valence-electron chi connectivity index (χ0n) is 31.6. The van der Waals surface area contributed by atoms with Crippen LogP contribution in [0, 0.1) is 17.8 Å². The Morgan fingerprint density at radius 3 is 2.15 bits per heavy atom. The van der Waals surface area contributed by atoms with Crippen molar-refractivity contribution in [2.45, 2.75) is 122 Å². The second-order valence-corrected chi connectivity index (χ2v) is 14.9. The van der Waals surface area contributed by atoms with Gasteiger partial charge in [-0.2, -0.15) is 0 Å². The summed E-state index contributed by atoms with van der Waals surface area (Å²) in [7, 11) is 0. The van der Waals surface area contributed by atoms with Crippen LogP contribution in [0.25, 0.3) is 0 Å². The minimum absolute atomic E-state index is 0.0228. The van der Waals surface area contributed by atoms with Crippen molar-refractivity contribution >= 4 is 41.3 Å². The summed E-state index contributed by atoms with van der Waals surface area (Å²) in [4.78, 5) is 103. The van der Waals surface area contributed by atoms with E-state index in [0.717, 1.165) is 19.3 Å². The monoisotopic (exact) mass is 747 g/mol. The van der Waals surface area contributed by atoms with Crippen molar-refractivity contribution in [1.82, 2.24) is 36.1 Å². The molecule has 15 nitrogen and oxygen atoms in total. The van der Waals surface area contributed by atoms with E-state index in [1.165, 1.54) is 18.6 Å². The molecule has 0 radical (unpaired) electrons. The zero-order chi connectivity index (χ0) is 39.5. The van der Waals surface area contributed by atoms with E-state index < -0.39 is 77.4 Å². The lowest BCUT2D eigenvalue weighted by Gasteiger charge is -2.37. The number of nitrogens with zero attached hydrogens (tertiary/aromatic N) is 3. The fourth-order valence-electron chi connectivity index (χ4n) is 7.36. The Kier molecular flexibility index (Phi) is 14.8. The molecule has 292 valence electrons. The van der Waals surface area contributed by atoms with Crippen LogP contribution < -0.4 is 21.3 Å². The first-order chi connectivity index (χ1) is 25.7. The molecule has 0 spiro atoms. The van der Waals surface area contributed by atoms with Gasteiger partial charge in [0.05, 0.1) is 12.2 Å². The molecule has 1 aromatic heterocycles. The third kappa shape index (κ3) is 10.5. The smallest absolute Gasteiger partial charge is 0.326 e. The lowest BCUT2D eigenvalue weighted by atomic mass is 9.84. The van der Waals surface area contributed by atoms with E-state index in [0.29, 0.717) is 24.8 Å². The van der Waals surface area contributed by atoms with E-state index in [1.807, 2.05) is 0 Å². The van der Waals surface area contributed by atoms with Gasteiger partial charge in [-0.05, 0) is 49.0 Å². The number of amides is 5. The summed E-state index contributed by atoms with van der Waals surface area (Å²) in [6.45, 7) is 8.88. The fraction of sp³-hybridized carbons (Fsp3) is 0.564. The highest BCUT2D eigenvalue weighted by molar-refractivity contribution is 6.38. The Bertz CT molecular complexity index is 1650.